The van der Waals surface area contributed by atoms with Crippen molar-refractivity contribution in [3.63, 3.8) is 0 Å². The second-order valence-electron chi connectivity index (χ2n) is 4.89. The average molecular weight is 344 g/mol. The minimum atomic E-state index is -0.411. The summed E-state index contributed by atoms with van der Waals surface area (Å²) in [7, 11) is 1.53. The number of carbonyl (C=O) groups is 1. The summed E-state index contributed by atoms with van der Waals surface area (Å²) in [5.74, 6) is 1.02. The van der Waals surface area contributed by atoms with Gasteiger partial charge in [0.2, 0.25) is 0 Å². The van der Waals surface area contributed by atoms with Gasteiger partial charge in [-0.1, -0.05) is 12.1 Å². The number of hydrazone groups is 1. The summed E-state index contributed by atoms with van der Waals surface area (Å²) in [6, 6.07) is 11.8. The SMILES string of the molecule is CCOc1cc(C=NNC(=O)COc2ccccc2OC)ccc1O. The van der Waals surface area contributed by atoms with Gasteiger partial charge in [0.05, 0.1) is 19.9 Å². The lowest BCUT2D eigenvalue weighted by molar-refractivity contribution is -0.123. The van der Waals surface area contributed by atoms with Gasteiger partial charge in [-0.05, 0) is 42.8 Å². The number of ether oxygens (including phenoxy) is 3. The second-order valence-corrected chi connectivity index (χ2v) is 4.89. The lowest BCUT2D eigenvalue weighted by Crippen LogP contribution is -2.24. The fourth-order valence-corrected chi connectivity index (χ4v) is 1.97. The molecule has 1 amide bonds. The summed E-state index contributed by atoms with van der Waals surface area (Å²) in [5.41, 5.74) is 3.04. The number of aromatic hydroxyl groups is 1. The molecule has 2 aromatic carbocycles. The number of hydrogen-bond acceptors (Lipinski definition) is 6. The van der Waals surface area contributed by atoms with Crippen molar-refractivity contribution in [1.29, 1.82) is 0 Å². The third-order valence-electron chi connectivity index (χ3n) is 3.11. The predicted molar refractivity (Wildman–Crippen MR) is 93.5 cm³/mol. The van der Waals surface area contributed by atoms with E-state index in [1.807, 2.05) is 13.0 Å². The van der Waals surface area contributed by atoms with E-state index in [1.165, 1.54) is 19.4 Å². The summed E-state index contributed by atoms with van der Waals surface area (Å²) in [6.07, 6.45) is 1.45. The van der Waals surface area contributed by atoms with Gasteiger partial charge in [-0.3, -0.25) is 4.79 Å². The number of amides is 1. The van der Waals surface area contributed by atoms with Crippen LogP contribution in [-0.4, -0.2) is 37.6 Å². The number of phenolic OH excluding ortho intramolecular Hbond substituents is 1. The Bertz CT molecular complexity index is 746. The fourth-order valence-electron chi connectivity index (χ4n) is 1.97. The molecule has 0 unspecified atom stereocenters. The van der Waals surface area contributed by atoms with Gasteiger partial charge in [-0.15, -0.1) is 0 Å². The van der Waals surface area contributed by atoms with E-state index in [4.69, 9.17) is 14.2 Å². The molecule has 2 N–H and O–H groups in total. The average Bonchev–Trinajstić information content (AvgIpc) is 2.63. The Kier molecular flexibility index (Phi) is 6.65. The molecule has 132 valence electrons. The van der Waals surface area contributed by atoms with Crippen molar-refractivity contribution in [2.75, 3.05) is 20.3 Å². The molecule has 0 spiro atoms. The van der Waals surface area contributed by atoms with Gasteiger partial charge in [0.15, 0.2) is 29.6 Å². The van der Waals surface area contributed by atoms with Gasteiger partial charge >= 0.3 is 0 Å². The van der Waals surface area contributed by atoms with Gasteiger partial charge in [0.25, 0.3) is 5.91 Å². The number of phenols is 1. The van der Waals surface area contributed by atoms with E-state index in [1.54, 1.807) is 30.3 Å². The van der Waals surface area contributed by atoms with Gasteiger partial charge in [0, 0.05) is 0 Å². The number of methoxy groups -OCH3 is 1. The summed E-state index contributed by atoms with van der Waals surface area (Å²) in [4.78, 5) is 11.8. The number of benzene rings is 2. The van der Waals surface area contributed by atoms with Crippen LogP contribution in [0.1, 0.15) is 12.5 Å². The molecule has 0 aliphatic carbocycles. The Labute approximate surface area is 145 Å². The zero-order valence-corrected chi connectivity index (χ0v) is 14.1. The molecule has 0 aliphatic rings. The molecule has 0 bridgehead atoms. The highest BCUT2D eigenvalue weighted by Crippen LogP contribution is 2.26. The van der Waals surface area contributed by atoms with Gasteiger partial charge < -0.3 is 19.3 Å². The van der Waals surface area contributed by atoms with Crippen LogP contribution in [0.2, 0.25) is 0 Å². The molecule has 25 heavy (non-hydrogen) atoms. The highest BCUT2D eigenvalue weighted by Gasteiger charge is 2.06. The van der Waals surface area contributed by atoms with E-state index < -0.39 is 5.91 Å². The lowest BCUT2D eigenvalue weighted by Gasteiger charge is -2.09. The number of carbonyl (C=O) groups excluding carboxylic acids is 1. The van der Waals surface area contributed by atoms with Crippen LogP contribution in [0.25, 0.3) is 0 Å². The van der Waals surface area contributed by atoms with Crippen LogP contribution in [-0.2, 0) is 4.79 Å². The van der Waals surface area contributed by atoms with Gasteiger partial charge in [-0.2, -0.15) is 5.10 Å². The van der Waals surface area contributed by atoms with Crippen LogP contribution < -0.4 is 19.6 Å². The highest BCUT2D eigenvalue weighted by molar-refractivity contribution is 5.83. The van der Waals surface area contributed by atoms with Crippen LogP contribution in [0.3, 0.4) is 0 Å². The third kappa shape index (κ3) is 5.42. The summed E-state index contributed by atoms with van der Waals surface area (Å²) < 4.78 is 15.8. The minimum absolute atomic E-state index is 0.0493. The zero-order valence-electron chi connectivity index (χ0n) is 14.1. The molecular formula is C18H20N2O5. The molecule has 0 saturated carbocycles. The number of rotatable bonds is 8. The normalized spacial score (nSPS) is 10.5. The maximum atomic E-state index is 11.8. The fraction of sp³-hybridized carbons (Fsp3) is 0.222. The van der Waals surface area contributed by atoms with Crippen LogP contribution >= 0.6 is 0 Å². The third-order valence-corrected chi connectivity index (χ3v) is 3.11. The first-order chi connectivity index (χ1) is 12.1. The van der Waals surface area contributed by atoms with Crippen molar-refractivity contribution < 1.29 is 24.1 Å². The molecule has 0 aromatic heterocycles. The van der Waals surface area contributed by atoms with Gasteiger partial charge in [0.1, 0.15) is 0 Å². The van der Waals surface area contributed by atoms with E-state index >= 15 is 0 Å². The Morgan fingerprint density at radius 2 is 1.92 bits per heavy atom. The van der Waals surface area contributed by atoms with E-state index in [0.29, 0.717) is 29.4 Å². The molecule has 2 aromatic rings. The number of nitrogens with one attached hydrogen (secondary N) is 1. The van der Waals surface area contributed by atoms with E-state index in [0.717, 1.165) is 0 Å². The first-order valence-electron chi connectivity index (χ1n) is 7.67. The van der Waals surface area contributed by atoms with Crippen molar-refractivity contribution in [2.45, 2.75) is 6.92 Å². The van der Waals surface area contributed by atoms with Crippen molar-refractivity contribution in [3.8, 4) is 23.0 Å². The smallest absolute Gasteiger partial charge is 0.277 e. The van der Waals surface area contributed by atoms with Crippen LogP contribution in [0.15, 0.2) is 47.6 Å². The molecule has 7 nitrogen and oxygen atoms in total. The molecule has 7 heteroatoms. The maximum Gasteiger partial charge on any atom is 0.277 e. The first kappa shape index (κ1) is 18.1. The Morgan fingerprint density at radius 1 is 1.16 bits per heavy atom. The first-order valence-corrected chi connectivity index (χ1v) is 7.67. The van der Waals surface area contributed by atoms with E-state index in [9.17, 15) is 9.90 Å². The van der Waals surface area contributed by atoms with Crippen LogP contribution in [0, 0.1) is 0 Å². The van der Waals surface area contributed by atoms with Crippen molar-refractivity contribution in [2.24, 2.45) is 5.10 Å². The molecule has 0 aliphatic heterocycles. The standard InChI is InChI=1S/C18H20N2O5/c1-3-24-17-10-13(8-9-14(17)21)11-19-20-18(22)12-25-16-7-5-4-6-15(16)23-2/h4-11,21H,3,12H2,1-2H3,(H,20,22). The monoisotopic (exact) mass is 344 g/mol. The second kappa shape index (κ2) is 9.17. The molecule has 0 saturated heterocycles. The van der Waals surface area contributed by atoms with Crippen LogP contribution in [0.4, 0.5) is 0 Å². The van der Waals surface area contributed by atoms with Crippen molar-refractivity contribution in [1.82, 2.24) is 5.43 Å². The quantitative estimate of drug-likeness (QED) is 0.567. The molecular weight excluding hydrogens is 324 g/mol. The summed E-state index contributed by atoms with van der Waals surface area (Å²) in [6.45, 7) is 2.06. The number of para-hydroxylation sites is 2. The summed E-state index contributed by atoms with van der Waals surface area (Å²) >= 11 is 0. The molecule has 0 atom stereocenters. The Morgan fingerprint density at radius 3 is 2.64 bits per heavy atom. The molecule has 0 fully saturated rings. The zero-order chi connectivity index (χ0) is 18.1. The van der Waals surface area contributed by atoms with E-state index in [-0.39, 0.29) is 12.4 Å². The highest BCUT2D eigenvalue weighted by atomic mass is 16.5. The van der Waals surface area contributed by atoms with Gasteiger partial charge in [-0.25, -0.2) is 5.43 Å². The van der Waals surface area contributed by atoms with E-state index in [2.05, 4.69) is 10.5 Å². The van der Waals surface area contributed by atoms with Crippen molar-refractivity contribution >= 4 is 12.1 Å². The maximum absolute atomic E-state index is 11.8. The minimum Gasteiger partial charge on any atom is -0.504 e. The Hall–Kier alpha value is -3.22. The molecule has 2 rings (SSSR count). The topological polar surface area (TPSA) is 89.4 Å². The number of nitrogens with zero attached hydrogens (tertiary/aromatic N) is 1. The van der Waals surface area contributed by atoms with Crippen LogP contribution in [0.5, 0.6) is 23.0 Å². The number of hydrogen-bond donors (Lipinski definition) is 2. The Balaban J connectivity index is 1.87. The predicted octanol–water partition coefficient (Wildman–Crippen LogP) is 2.33. The molecule has 0 radical (unpaired) electrons. The summed E-state index contributed by atoms with van der Waals surface area (Å²) in [5, 5.41) is 13.5. The molecule has 0 heterocycles. The largest absolute Gasteiger partial charge is 0.504 e. The van der Waals surface area contributed by atoms with Crippen molar-refractivity contribution in [3.05, 3.63) is 48.0 Å². The lowest BCUT2D eigenvalue weighted by atomic mass is 10.2.